The van der Waals surface area contributed by atoms with Gasteiger partial charge in [0.15, 0.2) is 0 Å². The van der Waals surface area contributed by atoms with Gasteiger partial charge in [0.25, 0.3) is 0 Å². The van der Waals surface area contributed by atoms with Crippen LogP contribution in [-0.4, -0.2) is 82.6 Å². The minimum absolute atomic E-state index is 0.0717. The topological polar surface area (TPSA) is 79.4 Å². The van der Waals surface area contributed by atoms with Crippen LogP contribution in [0, 0.1) is 13.8 Å². The number of benzene rings is 2. The fourth-order valence-corrected chi connectivity index (χ4v) is 7.67. The van der Waals surface area contributed by atoms with E-state index >= 15 is 0 Å². The van der Waals surface area contributed by atoms with Gasteiger partial charge >= 0.3 is 0 Å². The van der Waals surface area contributed by atoms with Gasteiger partial charge in [0, 0.05) is 44.5 Å². The number of aryl methyl sites for hydroxylation is 2. The second-order valence-corrected chi connectivity index (χ2v) is 12.5. The first-order valence-electron chi connectivity index (χ1n) is 12.8. The zero-order valence-corrected chi connectivity index (χ0v) is 24.4. The van der Waals surface area contributed by atoms with E-state index in [0.717, 1.165) is 18.5 Å². The Labute approximate surface area is 235 Å². The molecule has 2 aliphatic rings. The predicted octanol–water partition coefficient (Wildman–Crippen LogP) is 4.53. The zero-order valence-electron chi connectivity index (χ0n) is 22.1. The van der Waals surface area contributed by atoms with Crippen molar-refractivity contribution in [2.24, 2.45) is 0 Å². The third-order valence-corrected chi connectivity index (χ3v) is 10.2. The molecule has 1 atom stereocenters. The molecule has 2 aliphatic heterocycles. The van der Waals surface area contributed by atoms with Crippen molar-refractivity contribution in [1.82, 2.24) is 9.21 Å². The number of hydrogen-bond acceptors (Lipinski definition) is 6. The molecule has 2 aromatic carbocycles. The molecule has 0 bridgehead atoms. The SMILES string of the molecule is COc1cc(C)c(S(=O)(=O)N2CCCCC2COCC(=O)N2CCN(c3ccc(Cl)c(Cl)c3)CC2)c(C)c1. The number of amides is 1. The summed E-state index contributed by atoms with van der Waals surface area (Å²) in [6.45, 7) is 6.63. The van der Waals surface area contributed by atoms with Crippen LogP contribution in [0.25, 0.3) is 0 Å². The van der Waals surface area contributed by atoms with Crippen LogP contribution in [-0.2, 0) is 19.6 Å². The summed E-state index contributed by atoms with van der Waals surface area (Å²) in [4.78, 5) is 17.1. The maximum absolute atomic E-state index is 13.7. The molecule has 0 aliphatic carbocycles. The molecular weight excluding hydrogens is 549 g/mol. The summed E-state index contributed by atoms with van der Waals surface area (Å²) in [5.41, 5.74) is 2.29. The Kier molecular flexibility index (Phi) is 9.47. The Hall–Kier alpha value is -2.04. The normalized spacial score (nSPS) is 19.0. The summed E-state index contributed by atoms with van der Waals surface area (Å²) in [6.07, 6.45) is 2.42. The first-order chi connectivity index (χ1) is 18.1. The fraction of sp³-hybridized carbons (Fsp3) is 0.519. The number of carbonyl (C=O) groups excluding carboxylic acids is 1. The number of methoxy groups -OCH3 is 1. The lowest BCUT2D eigenvalue weighted by Crippen LogP contribution is -2.50. The van der Waals surface area contributed by atoms with Crippen molar-refractivity contribution >= 4 is 44.8 Å². The molecule has 0 aromatic heterocycles. The fourth-order valence-electron chi connectivity index (χ4n) is 5.28. The summed E-state index contributed by atoms with van der Waals surface area (Å²) in [5.74, 6) is 0.541. The van der Waals surface area contributed by atoms with Crippen LogP contribution in [0.1, 0.15) is 30.4 Å². The Balaban J connectivity index is 1.33. The van der Waals surface area contributed by atoms with Crippen LogP contribution in [0.2, 0.25) is 10.0 Å². The number of piperidine rings is 1. The van der Waals surface area contributed by atoms with Crippen LogP contribution in [0.4, 0.5) is 5.69 Å². The third-order valence-electron chi connectivity index (χ3n) is 7.25. The number of halogens is 2. The van der Waals surface area contributed by atoms with Crippen LogP contribution < -0.4 is 9.64 Å². The first kappa shape index (κ1) is 29.0. The van der Waals surface area contributed by atoms with Crippen molar-refractivity contribution in [1.29, 1.82) is 0 Å². The van der Waals surface area contributed by atoms with E-state index in [-0.39, 0.29) is 25.2 Å². The molecule has 4 rings (SSSR count). The highest BCUT2D eigenvalue weighted by Gasteiger charge is 2.36. The molecule has 38 heavy (non-hydrogen) atoms. The summed E-state index contributed by atoms with van der Waals surface area (Å²) in [7, 11) is -2.16. The van der Waals surface area contributed by atoms with Gasteiger partial charge in [-0.1, -0.05) is 29.6 Å². The number of anilines is 1. The number of hydrogen-bond donors (Lipinski definition) is 0. The highest BCUT2D eigenvalue weighted by molar-refractivity contribution is 7.89. The number of rotatable bonds is 8. The minimum Gasteiger partial charge on any atom is -0.497 e. The van der Waals surface area contributed by atoms with Crippen LogP contribution in [0.3, 0.4) is 0 Å². The van der Waals surface area contributed by atoms with Crippen LogP contribution >= 0.6 is 23.2 Å². The second-order valence-electron chi connectivity index (χ2n) is 9.84. The lowest BCUT2D eigenvalue weighted by Gasteiger charge is -2.37. The van der Waals surface area contributed by atoms with E-state index in [1.807, 2.05) is 12.1 Å². The van der Waals surface area contributed by atoms with Crippen molar-refractivity contribution in [2.75, 3.05) is 57.9 Å². The lowest BCUT2D eigenvalue weighted by molar-refractivity contribution is -0.137. The average molecular weight is 585 g/mol. The Morgan fingerprint density at radius 2 is 1.66 bits per heavy atom. The number of ether oxygens (including phenoxy) is 2. The minimum atomic E-state index is -3.73. The van der Waals surface area contributed by atoms with E-state index < -0.39 is 10.0 Å². The van der Waals surface area contributed by atoms with Crippen LogP contribution in [0.5, 0.6) is 5.75 Å². The number of sulfonamides is 1. The molecule has 1 unspecified atom stereocenters. The van der Waals surface area contributed by atoms with Crippen molar-refractivity contribution in [3.05, 3.63) is 51.5 Å². The van der Waals surface area contributed by atoms with Gasteiger partial charge in [0.1, 0.15) is 12.4 Å². The average Bonchev–Trinajstić information content (AvgIpc) is 2.90. The summed E-state index contributed by atoms with van der Waals surface area (Å²) < 4.78 is 40.1. The van der Waals surface area contributed by atoms with Gasteiger partial charge in [0.2, 0.25) is 15.9 Å². The van der Waals surface area contributed by atoms with E-state index in [1.165, 1.54) is 0 Å². The highest BCUT2D eigenvalue weighted by atomic mass is 35.5. The molecular formula is C27H35Cl2N3O5S. The van der Waals surface area contributed by atoms with Crippen molar-refractivity contribution in [3.63, 3.8) is 0 Å². The Morgan fingerprint density at radius 1 is 0.974 bits per heavy atom. The highest BCUT2D eigenvalue weighted by Crippen LogP contribution is 2.32. The van der Waals surface area contributed by atoms with Crippen molar-refractivity contribution in [2.45, 2.75) is 44.0 Å². The molecule has 0 spiro atoms. The van der Waals surface area contributed by atoms with E-state index in [9.17, 15) is 13.2 Å². The molecule has 11 heteroatoms. The molecule has 2 aromatic rings. The quantitative estimate of drug-likeness (QED) is 0.454. The smallest absolute Gasteiger partial charge is 0.248 e. The van der Waals surface area contributed by atoms with E-state index in [0.29, 0.717) is 71.0 Å². The van der Waals surface area contributed by atoms with E-state index in [2.05, 4.69) is 4.90 Å². The van der Waals surface area contributed by atoms with Crippen molar-refractivity contribution in [3.8, 4) is 5.75 Å². The van der Waals surface area contributed by atoms with Gasteiger partial charge in [-0.2, -0.15) is 4.31 Å². The number of nitrogens with zero attached hydrogens (tertiary/aromatic N) is 3. The molecule has 1 amide bonds. The zero-order chi connectivity index (χ0) is 27.4. The van der Waals surface area contributed by atoms with Crippen LogP contribution in [0.15, 0.2) is 35.2 Å². The van der Waals surface area contributed by atoms with Gasteiger partial charge in [0.05, 0.1) is 28.7 Å². The first-order valence-corrected chi connectivity index (χ1v) is 15.0. The Morgan fingerprint density at radius 3 is 2.29 bits per heavy atom. The molecule has 208 valence electrons. The summed E-state index contributed by atoms with van der Waals surface area (Å²) in [6, 6.07) is 8.71. The molecule has 2 saturated heterocycles. The third kappa shape index (κ3) is 6.39. The molecule has 2 heterocycles. The standard InChI is InChI=1S/C27H35Cl2N3O5S/c1-19-14-23(36-3)15-20(2)27(19)38(34,35)32-9-5-4-6-22(32)17-37-18-26(33)31-12-10-30(11-13-31)21-7-8-24(28)25(29)16-21/h7-8,14-16,22H,4-6,9-13,17-18H2,1-3H3. The monoisotopic (exact) mass is 583 g/mol. The molecule has 0 N–H and O–H groups in total. The van der Waals surface area contributed by atoms with E-state index in [1.54, 1.807) is 48.4 Å². The maximum atomic E-state index is 13.7. The molecule has 2 fully saturated rings. The molecule has 0 saturated carbocycles. The largest absolute Gasteiger partial charge is 0.497 e. The summed E-state index contributed by atoms with van der Waals surface area (Å²) >= 11 is 12.2. The van der Waals surface area contributed by atoms with Gasteiger partial charge < -0.3 is 19.3 Å². The van der Waals surface area contributed by atoms with Gasteiger partial charge in [-0.3, -0.25) is 4.79 Å². The number of carbonyl (C=O) groups is 1. The van der Waals surface area contributed by atoms with Crippen molar-refractivity contribution < 1.29 is 22.7 Å². The molecule has 0 radical (unpaired) electrons. The maximum Gasteiger partial charge on any atom is 0.248 e. The van der Waals surface area contributed by atoms with E-state index in [4.69, 9.17) is 32.7 Å². The van der Waals surface area contributed by atoms with Gasteiger partial charge in [-0.05, 0) is 68.1 Å². The predicted molar refractivity (Wildman–Crippen MR) is 150 cm³/mol. The molecule has 8 nitrogen and oxygen atoms in total. The van der Waals surface area contributed by atoms with Gasteiger partial charge in [-0.25, -0.2) is 8.42 Å². The Bertz CT molecular complexity index is 1240. The lowest BCUT2D eigenvalue weighted by atomic mass is 10.1. The number of piperazine rings is 1. The summed E-state index contributed by atoms with van der Waals surface area (Å²) in [5, 5.41) is 1.02. The van der Waals surface area contributed by atoms with Gasteiger partial charge in [-0.15, -0.1) is 0 Å². The second kappa shape index (κ2) is 12.4.